The molecule has 0 aliphatic heterocycles. The van der Waals surface area contributed by atoms with Gasteiger partial charge in [-0.2, -0.15) is 13.2 Å². The van der Waals surface area contributed by atoms with Crippen molar-refractivity contribution in [1.29, 1.82) is 0 Å². The minimum absolute atomic E-state index is 0.0221. The van der Waals surface area contributed by atoms with E-state index in [4.69, 9.17) is 17.3 Å². The van der Waals surface area contributed by atoms with Gasteiger partial charge in [-0.15, -0.1) is 0 Å². The molecule has 4 nitrogen and oxygen atoms in total. The van der Waals surface area contributed by atoms with Gasteiger partial charge in [0, 0.05) is 6.20 Å². The number of hydrogen-bond donors (Lipinski definition) is 1. The first-order valence-corrected chi connectivity index (χ1v) is 12.2. The van der Waals surface area contributed by atoms with Gasteiger partial charge in [0.2, 0.25) is 5.78 Å². The third kappa shape index (κ3) is 5.26. The molecule has 0 fully saturated rings. The number of fused-ring (bicyclic) bond motifs is 1. The maximum atomic E-state index is 14.2. The second kappa shape index (κ2) is 10.1. The summed E-state index contributed by atoms with van der Waals surface area (Å²) in [5, 5.41) is 0.317. The van der Waals surface area contributed by atoms with Crippen LogP contribution in [-0.4, -0.2) is 20.5 Å². The minimum atomic E-state index is -4.58. The highest BCUT2D eigenvalue weighted by atomic mass is 35.5. The molecular formula is C27H30ClF3N4. The predicted octanol–water partition coefficient (Wildman–Crippen LogP) is 6.86. The average Bonchev–Trinajstić information content (AvgIpc) is 3.28. The quantitative estimate of drug-likeness (QED) is 0.286. The van der Waals surface area contributed by atoms with Gasteiger partial charge in [0.1, 0.15) is 5.15 Å². The lowest BCUT2D eigenvalue weighted by Crippen LogP contribution is -2.17. The van der Waals surface area contributed by atoms with E-state index in [9.17, 15) is 13.2 Å². The topological polar surface area (TPSA) is 48.2 Å². The molecule has 0 radical (unpaired) electrons. The van der Waals surface area contributed by atoms with Crippen molar-refractivity contribution in [3.05, 3.63) is 87.5 Å². The SMILES string of the molecule is Cc1cc(C)c(-n2c(Cl)cn3c(CC(CCN)CCc4ccccc4)c(C(F)(F)F)nc23)c(C)c1. The standard InChI is InChI=1S/C27H30ClF3N4/c1-17-13-18(2)24(19(3)14-17)35-23(28)16-34-22(25(27(29,30)31)33-26(34)35)15-21(11-12-32)10-9-20-7-5-4-6-8-20/h4-8,13-14,16,21H,9-12,15,32H2,1-3H3. The Bertz CT molecular complexity index is 1300. The number of aryl methyl sites for hydroxylation is 4. The van der Waals surface area contributed by atoms with Crippen LogP contribution < -0.4 is 5.73 Å². The molecule has 8 heteroatoms. The molecule has 35 heavy (non-hydrogen) atoms. The minimum Gasteiger partial charge on any atom is -0.330 e. The van der Waals surface area contributed by atoms with Crippen molar-refractivity contribution in [2.75, 3.05) is 6.54 Å². The number of hydrogen-bond acceptors (Lipinski definition) is 2. The van der Waals surface area contributed by atoms with E-state index >= 15 is 0 Å². The van der Waals surface area contributed by atoms with E-state index in [1.165, 1.54) is 4.40 Å². The highest BCUT2D eigenvalue weighted by Crippen LogP contribution is 2.37. The summed E-state index contributed by atoms with van der Waals surface area (Å²) in [7, 11) is 0. The molecule has 2 heterocycles. The number of aromatic nitrogens is 3. The maximum absolute atomic E-state index is 14.2. The van der Waals surface area contributed by atoms with Crippen LogP contribution in [-0.2, 0) is 19.0 Å². The normalized spacial score (nSPS) is 13.0. The van der Waals surface area contributed by atoms with Gasteiger partial charge in [0.25, 0.3) is 0 Å². The summed E-state index contributed by atoms with van der Waals surface area (Å²) in [5.74, 6) is 0.146. The first kappa shape index (κ1) is 25.3. The van der Waals surface area contributed by atoms with Gasteiger partial charge < -0.3 is 5.73 Å². The Morgan fingerprint density at radius 3 is 2.29 bits per heavy atom. The van der Waals surface area contributed by atoms with Gasteiger partial charge >= 0.3 is 6.18 Å². The zero-order chi connectivity index (χ0) is 25.3. The molecule has 0 spiro atoms. The van der Waals surface area contributed by atoms with Crippen molar-refractivity contribution < 1.29 is 13.2 Å². The fourth-order valence-electron chi connectivity index (χ4n) is 5.03. The van der Waals surface area contributed by atoms with Gasteiger partial charge in [0.15, 0.2) is 5.69 Å². The number of rotatable bonds is 8. The highest BCUT2D eigenvalue weighted by Gasteiger charge is 2.39. The van der Waals surface area contributed by atoms with Crippen LogP contribution in [0.4, 0.5) is 13.2 Å². The molecule has 186 valence electrons. The zero-order valence-corrected chi connectivity index (χ0v) is 20.9. The van der Waals surface area contributed by atoms with Gasteiger partial charge in [0.05, 0.1) is 11.4 Å². The molecule has 2 aromatic heterocycles. The van der Waals surface area contributed by atoms with E-state index in [1.807, 2.05) is 63.2 Å². The van der Waals surface area contributed by atoms with E-state index in [-0.39, 0.29) is 23.8 Å². The maximum Gasteiger partial charge on any atom is 0.435 e. The summed E-state index contributed by atoms with van der Waals surface area (Å²) in [6, 6.07) is 13.9. The summed E-state index contributed by atoms with van der Waals surface area (Å²) in [4.78, 5) is 4.10. The average molecular weight is 503 g/mol. The Balaban J connectivity index is 1.79. The molecule has 2 aromatic carbocycles. The summed E-state index contributed by atoms with van der Waals surface area (Å²) in [6.45, 7) is 6.25. The van der Waals surface area contributed by atoms with Crippen LogP contribution in [0.2, 0.25) is 5.15 Å². The van der Waals surface area contributed by atoms with Crippen LogP contribution in [0.5, 0.6) is 0 Å². The predicted molar refractivity (Wildman–Crippen MR) is 134 cm³/mol. The fraction of sp³-hybridized carbons (Fsp3) is 0.370. The van der Waals surface area contributed by atoms with E-state index in [0.29, 0.717) is 18.1 Å². The summed E-state index contributed by atoms with van der Waals surface area (Å²) >= 11 is 6.61. The molecule has 0 aliphatic rings. The van der Waals surface area contributed by atoms with E-state index in [1.54, 1.807) is 10.8 Å². The number of imidazole rings is 2. The third-order valence-corrected chi connectivity index (χ3v) is 6.78. The van der Waals surface area contributed by atoms with Gasteiger partial charge in [-0.05, 0) is 75.6 Å². The lowest BCUT2D eigenvalue weighted by atomic mass is 9.91. The molecular weight excluding hydrogens is 473 g/mol. The summed E-state index contributed by atoms with van der Waals surface area (Å²) < 4.78 is 45.6. The second-order valence-corrected chi connectivity index (χ2v) is 9.67. The lowest BCUT2D eigenvalue weighted by Gasteiger charge is -2.17. The molecule has 0 saturated carbocycles. The van der Waals surface area contributed by atoms with Crippen molar-refractivity contribution in [1.82, 2.24) is 14.0 Å². The lowest BCUT2D eigenvalue weighted by molar-refractivity contribution is -0.141. The van der Waals surface area contributed by atoms with Crippen LogP contribution in [0, 0.1) is 26.7 Å². The molecule has 0 aliphatic carbocycles. The van der Waals surface area contributed by atoms with E-state index in [0.717, 1.165) is 40.8 Å². The molecule has 4 rings (SSSR count). The molecule has 0 bridgehead atoms. The largest absolute Gasteiger partial charge is 0.435 e. The van der Waals surface area contributed by atoms with Gasteiger partial charge in [-0.1, -0.05) is 59.6 Å². The Hall–Kier alpha value is -2.77. The van der Waals surface area contributed by atoms with Crippen LogP contribution in [0.3, 0.4) is 0 Å². The smallest absolute Gasteiger partial charge is 0.330 e. The Labute approximate surface area is 208 Å². The van der Waals surface area contributed by atoms with Crippen molar-refractivity contribution in [2.45, 2.75) is 52.6 Å². The van der Waals surface area contributed by atoms with Crippen molar-refractivity contribution in [3.8, 4) is 5.69 Å². The first-order valence-electron chi connectivity index (χ1n) is 11.8. The highest BCUT2D eigenvalue weighted by molar-refractivity contribution is 6.30. The van der Waals surface area contributed by atoms with Crippen molar-refractivity contribution in [2.24, 2.45) is 11.7 Å². The molecule has 0 amide bonds. The zero-order valence-electron chi connectivity index (χ0n) is 20.2. The summed E-state index contributed by atoms with van der Waals surface area (Å²) in [5.41, 5.74) is 9.94. The molecule has 2 N–H and O–H groups in total. The Morgan fingerprint density at radius 2 is 1.69 bits per heavy atom. The first-order chi connectivity index (χ1) is 16.6. The van der Waals surface area contributed by atoms with E-state index < -0.39 is 11.9 Å². The molecule has 0 saturated heterocycles. The number of nitrogens with two attached hydrogens (primary N) is 1. The monoisotopic (exact) mass is 502 g/mol. The number of nitrogens with zero attached hydrogens (tertiary/aromatic N) is 3. The van der Waals surface area contributed by atoms with Crippen molar-refractivity contribution in [3.63, 3.8) is 0 Å². The third-order valence-electron chi connectivity index (χ3n) is 6.51. The number of alkyl halides is 3. The van der Waals surface area contributed by atoms with Crippen LogP contribution in [0.25, 0.3) is 11.5 Å². The molecule has 4 aromatic rings. The Morgan fingerprint density at radius 1 is 1.03 bits per heavy atom. The van der Waals surface area contributed by atoms with Gasteiger partial charge in [-0.25, -0.2) is 4.98 Å². The van der Waals surface area contributed by atoms with Crippen molar-refractivity contribution >= 4 is 17.4 Å². The fourth-order valence-corrected chi connectivity index (χ4v) is 5.29. The van der Waals surface area contributed by atoms with Crippen LogP contribution in [0.15, 0.2) is 48.7 Å². The van der Waals surface area contributed by atoms with Gasteiger partial charge in [-0.3, -0.25) is 8.97 Å². The molecule has 1 unspecified atom stereocenters. The summed E-state index contributed by atoms with van der Waals surface area (Å²) in [6.07, 6.45) is -0.685. The van der Waals surface area contributed by atoms with Crippen LogP contribution in [0.1, 0.15) is 46.5 Å². The Kier molecular flexibility index (Phi) is 7.29. The molecule has 1 atom stereocenters. The number of halogens is 4. The van der Waals surface area contributed by atoms with E-state index in [2.05, 4.69) is 4.98 Å². The van der Waals surface area contributed by atoms with Crippen LogP contribution >= 0.6 is 11.6 Å². The number of benzene rings is 2. The second-order valence-electron chi connectivity index (χ2n) is 9.28.